The molecule has 0 saturated carbocycles. The number of benzene rings is 2. The smallest absolute Gasteiger partial charge is 0.251 e. The fourth-order valence-electron chi connectivity index (χ4n) is 3.25. The van der Waals surface area contributed by atoms with Crippen molar-refractivity contribution in [3.05, 3.63) is 65.0 Å². The zero-order valence-electron chi connectivity index (χ0n) is 16.3. The molecule has 2 N–H and O–H groups in total. The zero-order chi connectivity index (χ0) is 20.0. The molecule has 2 atom stereocenters. The van der Waals surface area contributed by atoms with Crippen LogP contribution in [0.15, 0.2) is 42.5 Å². The van der Waals surface area contributed by atoms with Gasteiger partial charge in [0.1, 0.15) is 23.3 Å². The van der Waals surface area contributed by atoms with Gasteiger partial charge in [0.15, 0.2) is 0 Å². The number of rotatable bonds is 2. The van der Waals surface area contributed by atoms with Crippen LogP contribution in [0.5, 0.6) is 5.75 Å². The number of nitrogens with one attached hydrogen (secondary N) is 1. The number of amides is 1. The van der Waals surface area contributed by atoms with E-state index >= 15 is 0 Å². The molecular formula is C22H26FNO3. The lowest BCUT2D eigenvalue weighted by atomic mass is 9.81. The molecule has 1 aliphatic heterocycles. The maximum Gasteiger partial charge on any atom is 0.251 e. The molecule has 0 spiro atoms. The van der Waals surface area contributed by atoms with Gasteiger partial charge in [-0.2, -0.15) is 0 Å². The van der Waals surface area contributed by atoms with Crippen LogP contribution in [0.1, 0.15) is 62.1 Å². The zero-order valence-corrected chi connectivity index (χ0v) is 16.3. The lowest BCUT2D eigenvalue weighted by Crippen LogP contribution is -2.53. The predicted octanol–water partition coefficient (Wildman–Crippen LogP) is 4.13. The first-order valence-corrected chi connectivity index (χ1v) is 9.07. The van der Waals surface area contributed by atoms with Gasteiger partial charge in [-0.05, 0) is 61.2 Å². The molecule has 0 aliphatic carbocycles. The highest BCUT2D eigenvalue weighted by Crippen LogP contribution is 2.41. The minimum absolute atomic E-state index is 0.0849. The van der Waals surface area contributed by atoms with E-state index in [4.69, 9.17) is 4.74 Å². The molecule has 144 valence electrons. The minimum atomic E-state index is -0.940. The van der Waals surface area contributed by atoms with Crippen LogP contribution in [0.4, 0.5) is 4.39 Å². The monoisotopic (exact) mass is 371 g/mol. The van der Waals surface area contributed by atoms with E-state index in [2.05, 4.69) is 26.1 Å². The molecule has 1 aliphatic rings. The number of aliphatic hydroxyl groups excluding tert-OH is 1. The average Bonchev–Trinajstić information content (AvgIpc) is 2.58. The Morgan fingerprint density at radius 3 is 2.37 bits per heavy atom. The Bertz CT molecular complexity index is 853. The van der Waals surface area contributed by atoms with Crippen molar-refractivity contribution in [1.82, 2.24) is 5.32 Å². The highest BCUT2D eigenvalue weighted by molar-refractivity contribution is 5.94. The largest absolute Gasteiger partial charge is 0.485 e. The van der Waals surface area contributed by atoms with E-state index in [1.54, 1.807) is 13.8 Å². The molecule has 1 amide bonds. The van der Waals surface area contributed by atoms with Crippen LogP contribution >= 0.6 is 0 Å². The number of fused-ring (bicyclic) bond motifs is 1. The number of hydrogen-bond acceptors (Lipinski definition) is 3. The normalized spacial score (nSPS) is 21.1. The van der Waals surface area contributed by atoms with Gasteiger partial charge in [0.25, 0.3) is 5.91 Å². The van der Waals surface area contributed by atoms with E-state index in [9.17, 15) is 14.3 Å². The van der Waals surface area contributed by atoms with Crippen molar-refractivity contribution < 1.29 is 19.0 Å². The van der Waals surface area contributed by atoms with Gasteiger partial charge >= 0.3 is 0 Å². The fraction of sp³-hybridized carbons (Fsp3) is 0.409. The summed E-state index contributed by atoms with van der Waals surface area (Å²) in [5.41, 5.74) is 1.21. The van der Waals surface area contributed by atoms with Crippen LogP contribution in [0.25, 0.3) is 0 Å². The Balaban J connectivity index is 2.00. The number of halogens is 1. The van der Waals surface area contributed by atoms with Crippen molar-refractivity contribution in [2.24, 2.45) is 0 Å². The first-order chi connectivity index (χ1) is 12.5. The number of aliphatic hydroxyl groups is 1. The summed E-state index contributed by atoms with van der Waals surface area (Å²) in [6.45, 7) is 9.88. The van der Waals surface area contributed by atoms with Crippen LogP contribution in [0.3, 0.4) is 0 Å². The Morgan fingerprint density at radius 1 is 1.15 bits per heavy atom. The maximum atomic E-state index is 13.1. The third-order valence-electron chi connectivity index (χ3n) is 5.00. The number of hydrogen-bond donors (Lipinski definition) is 2. The second-order valence-corrected chi connectivity index (χ2v) is 8.61. The Kier molecular flexibility index (Phi) is 4.76. The summed E-state index contributed by atoms with van der Waals surface area (Å²) >= 11 is 0. The van der Waals surface area contributed by atoms with E-state index in [0.717, 1.165) is 11.1 Å². The second kappa shape index (κ2) is 6.64. The molecule has 0 aromatic heterocycles. The Labute approximate surface area is 159 Å². The highest BCUT2D eigenvalue weighted by atomic mass is 19.1. The van der Waals surface area contributed by atoms with Gasteiger partial charge in [0, 0.05) is 11.1 Å². The SMILES string of the molecule is CC(C)(C)c1ccc2c(c1)[C@@H](NC(=O)c1ccc(F)cc1)[C@H](O)C(C)(C)O2. The van der Waals surface area contributed by atoms with Crippen molar-refractivity contribution in [1.29, 1.82) is 0 Å². The summed E-state index contributed by atoms with van der Waals surface area (Å²) in [4.78, 5) is 12.7. The van der Waals surface area contributed by atoms with Gasteiger partial charge in [0.05, 0.1) is 6.04 Å². The lowest BCUT2D eigenvalue weighted by Gasteiger charge is -2.42. The van der Waals surface area contributed by atoms with Gasteiger partial charge in [-0.1, -0.05) is 26.8 Å². The van der Waals surface area contributed by atoms with Crippen LogP contribution < -0.4 is 10.1 Å². The summed E-state index contributed by atoms with van der Waals surface area (Å²) in [5.74, 6) is -0.134. The highest BCUT2D eigenvalue weighted by Gasteiger charge is 2.44. The number of ether oxygens (including phenoxy) is 1. The van der Waals surface area contributed by atoms with E-state index in [-0.39, 0.29) is 11.3 Å². The van der Waals surface area contributed by atoms with Crippen LogP contribution in [-0.4, -0.2) is 22.7 Å². The molecule has 0 bridgehead atoms. The van der Waals surface area contributed by atoms with Crippen molar-refractivity contribution in [3.63, 3.8) is 0 Å². The summed E-state index contributed by atoms with van der Waals surface area (Å²) in [6, 6.07) is 10.6. The summed E-state index contributed by atoms with van der Waals surface area (Å²) in [6.07, 6.45) is -0.940. The molecule has 2 aromatic rings. The van der Waals surface area contributed by atoms with Crippen molar-refractivity contribution in [3.8, 4) is 5.75 Å². The molecule has 5 heteroatoms. The first kappa shape index (κ1) is 19.4. The number of carbonyl (C=O) groups is 1. The van der Waals surface area contributed by atoms with Crippen LogP contribution in [0.2, 0.25) is 0 Å². The standard InChI is InChI=1S/C22H26FNO3/c1-21(2,3)14-8-11-17-16(12-14)18(19(25)22(4,5)27-17)24-20(26)13-6-9-15(23)10-7-13/h6-12,18-19,25H,1-5H3,(H,24,26)/t18-,19+/m1/s1. The Hall–Kier alpha value is -2.40. The van der Waals surface area contributed by atoms with Gasteiger partial charge in [-0.25, -0.2) is 4.39 Å². The molecule has 3 rings (SSSR count). The number of carbonyl (C=O) groups excluding carboxylic acids is 1. The average molecular weight is 371 g/mol. The van der Waals surface area contributed by atoms with Gasteiger partial charge < -0.3 is 15.2 Å². The van der Waals surface area contributed by atoms with Crippen molar-refractivity contribution in [2.75, 3.05) is 0 Å². The van der Waals surface area contributed by atoms with E-state index < -0.39 is 23.6 Å². The molecule has 4 nitrogen and oxygen atoms in total. The molecular weight excluding hydrogens is 345 g/mol. The minimum Gasteiger partial charge on any atom is -0.485 e. The van der Waals surface area contributed by atoms with Crippen molar-refractivity contribution >= 4 is 5.91 Å². The van der Waals surface area contributed by atoms with Crippen molar-refractivity contribution in [2.45, 2.75) is 57.8 Å². The van der Waals surface area contributed by atoms with Crippen LogP contribution in [-0.2, 0) is 5.41 Å². The van der Waals surface area contributed by atoms with Gasteiger partial charge in [0.2, 0.25) is 0 Å². The van der Waals surface area contributed by atoms with Gasteiger partial charge in [-0.3, -0.25) is 4.79 Å². The second-order valence-electron chi connectivity index (χ2n) is 8.61. The first-order valence-electron chi connectivity index (χ1n) is 9.07. The summed E-state index contributed by atoms with van der Waals surface area (Å²) in [5, 5.41) is 13.8. The summed E-state index contributed by atoms with van der Waals surface area (Å²) in [7, 11) is 0. The molecule has 0 unspecified atom stereocenters. The molecule has 0 fully saturated rings. The lowest BCUT2D eigenvalue weighted by molar-refractivity contribution is -0.0628. The Morgan fingerprint density at radius 2 is 1.78 bits per heavy atom. The molecule has 2 aromatic carbocycles. The summed E-state index contributed by atoms with van der Waals surface area (Å²) < 4.78 is 19.1. The third kappa shape index (κ3) is 3.83. The topological polar surface area (TPSA) is 58.6 Å². The molecule has 0 saturated heterocycles. The predicted molar refractivity (Wildman–Crippen MR) is 102 cm³/mol. The van der Waals surface area contributed by atoms with E-state index in [1.165, 1.54) is 24.3 Å². The third-order valence-corrected chi connectivity index (χ3v) is 5.00. The van der Waals surface area contributed by atoms with Gasteiger partial charge in [-0.15, -0.1) is 0 Å². The fourth-order valence-corrected chi connectivity index (χ4v) is 3.25. The maximum absolute atomic E-state index is 13.1. The quantitative estimate of drug-likeness (QED) is 0.835. The molecule has 0 radical (unpaired) electrons. The van der Waals surface area contributed by atoms with Crippen LogP contribution in [0, 0.1) is 5.82 Å². The van der Waals surface area contributed by atoms with E-state index in [1.807, 2.05) is 18.2 Å². The van der Waals surface area contributed by atoms with E-state index in [0.29, 0.717) is 11.3 Å². The molecule has 1 heterocycles. The molecule has 27 heavy (non-hydrogen) atoms.